The molecule has 0 unspecified atom stereocenters. The standard InChI is InChI=1S/C14H19FN2O6S3/c15-11-1-3-14(4-2-11)26(22,23)17(13-6-8-25(20,21)10-13)16-12-5-7-24(18,19)9-12/h1-4,12-13,16H,5-10H2/t12-,13+/m0/s1. The van der Waals surface area contributed by atoms with Crippen LogP contribution in [0.15, 0.2) is 29.2 Å². The van der Waals surface area contributed by atoms with Crippen molar-refractivity contribution >= 4 is 29.7 Å². The monoisotopic (exact) mass is 426 g/mol. The average Bonchev–Trinajstić information content (AvgIpc) is 3.06. The maximum atomic E-state index is 13.1. The van der Waals surface area contributed by atoms with E-state index in [0.29, 0.717) is 0 Å². The van der Waals surface area contributed by atoms with Crippen molar-refractivity contribution in [3.05, 3.63) is 30.1 Å². The normalized spacial score (nSPS) is 27.8. The van der Waals surface area contributed by atoms with Gasteiger partial charge in [0.2, 0.25) is 0 Å². The Balaban J connectivity index is 1.93. The predicted octanol–water partition coefficient (Wildman–Crippen LogP) is -0.305. The first-order valence-corrected chi connectivity index (χ1v) is 13.0. The van der Waals surface area contributed by atoms with E-state index in [1.807, 2.05) is 0 Å². The Hall–Kier alpha value is -1.08. The maximum Gasteiger partial charge on any atom is 0.256 e. The van der Waals surface area contributed by atoms with Gasteiger partial charge in [-0.1, -0.05) is 0 Å². The molecule has 2 saturated heterocycles. The number of hydrogen-bond donors (Lipinski definition) is 1. The van der Waals surface area contributed by atoms with Gasteiger partial charge in [-0.3, -0.25) is 0 Å². The fraction of sp³-hybridized carbons (Fsp3) is 0.571. The first kappa shape index (κ1) is 19.7. The summed E-state index contributed by atoms with van der Waals surface area (Å²) in [4.78, 5) is -0.198. The van der Waals surface area contributed by atoms with Crippen LogP contribution in [0.2, 0.25) is 0 Å². The van der Waals surface area contributed by atoms with Crippen LogP contribution in [0, 0.1) is 5.82 Å². The molecule has 1 N–H and O–H groups in total. The summed E-state index contributed by atoms with van der Waals surface area (Å²) in [6.45, 7) is 0. The first-order chi connectivity index (χ1) is 12.0. The number of sulfonamides is 1. The largest absolute Gasteiger partial charge is 0.256 e. The summed E-state index contributed by atoms with van der Waals surface area (Å²) < 4.78 is 86.9. The van der Waals surface area contributed by atoms with E-state index in [4.69, 9.17) is 0 Å². The molecule has 2 aliphatic heterocycles. The molecule has 1 aromatic rings. The van der Waals surface area contributed by atoms with Crippen molar-refractivity contribution in [2.45, 2.75) is 29.8 Å². The highest BCUT2D eigenvalue weighted by atomic mass is 32.2. The van der Waals surface area contributed by atoms with Crippen LogP contribution in [-0.2, 0) is 29.7 Å². The second-order valence-electron chi connectivity index (χ2n) is 6.54. The Morgan fingerprint density at radius 2 is 1.54 bits per heavy atom. The molecule has 0 aromatic heterocycles. The smallest absolute Gasteiger partial charge is 0.237 e. The number of hydrazine groups is 1. The number of sulfone groups is 2. The van der Waals surface area contributed by atoms with Gasteiger partial charge >= 0.3 is 0 Å². The molecule has 8 nitrogen and oxygen atoms in total. The third-order valence-electron chi connectivity index (χ3n) is 4.45. The fourth-order valence-corrected chi connectivity index (χ4v) is 8.15. The third-order valence-corrected chi connectivity index (χ3v) is 9.76. The van der Waals surface area contributed by atoms with E-state index < -0.39 is 47.6 Å². The number of nitrogens with one attached hydrogen (secondary N) is 1. The van der Waals surface area contributed by atoms with E-state index in [1.165, 1.54) is 0 Å². The van der Waals surface area contributed by atoms with Crippen molar-refractivity contribution in [3.8, 4) is 0 Å². The zero-order valence-corrected chi connectivity index (χ0v) is 16.2. The summed E-state index contributed by atoms with van der Waals surface area (Å²) in [5.41, 5.74) is 2.71. The molecular formula is C14H19FN2O6S3. The second-order valence-corrected chi connectivity index (χ2v) is 12.8. The number of benzene rings is 1. The summed E-state index contributed by atoms with van der Waals surface area (Å²) >= 11 is 0. The highest BCUT2D eigenvalue weighted by Crippen LogP contribution is 2.25. The topological polar surface area (TPSA) is 118 Å². The third kappa shape index (κ3) is 4.25. The van der Waals surface area contributed by atoms with Crippen LogP contribution in [0.3, 0.4) is 0 Å². The van der Waals surface area contributed by atoms with Crippen LogP contribution in [0.5, 0.6) is 0 Å². The zero-order chi connectivity index (χ0) is 19.2. The number of nitrogens with zero attached hydrogens (tertiary/aromatic N) is 1. The Labute approximate surface area is 152 Å². The lowest BCUT2D eigenvalue weighted by atomic mass is 10.2. The van der Waals surface area contributed by atoms with Crippen LogP contribution in [0.4, 0.5) is 4.39 Å². The highest BCUT2D eigenvalue weighted by molar-refractivity contribution is 7.92. The van der Waals surface area contributed by atoms with Gasteiger partial charge in [-0.25, -0.2) is 35.1 Å². The minimum Gasteiger partial charge on any atom is -0.237 e. The molecule has 2 fully saturated rings. The Bertz CT molecular complexity index is 990. The van der Waals surface area contributed by atoms with Crippen molar-refractivity contribution in [1.82, 2.24) is 9.84 Å². The molecule has 2 heterocycles. The maximum absolute atomic E-state index is 13.1. The summed E-state index contributed by atoms with van der Waals surface area (Å²) in [5.74, 6) is -1.37. The van der Waals surface area contributed by atoms with E-state index in [-0.39, 0.29) is 40.7 Å². The van der Waals surface area contributed by atoms with Crippen molar-refractivity contribution in [2.24, 2.45) is 0 Å². The molecule has 2 atom stereocenters. The van der Waals surface area contributed by atoms with E-state index in [9.17, 15) is 29.6 Å². The number of rotatable bonds is 5. The zero-order valence-electron chi connectivity index (χ0n) is 13.7. The molecule has 0 spiro atoms. The van der Waals surface area contributed by atoms with Crippen LogP contribution in [-0.4, -0.2) is 64.8 Å². The van der Waals surface area contributed by atoms with Crippen molar-refractivity contribution < 1.29 is 29.6 Å². The van der Waals surface area contributed by atoms with Crippen LogP contribution >= 0.6 is 0 Å². The lowest BCUT2D eigenvalue weighted by Crippen LogP contribution is -2.54. The first-order valence-electron chi connectivity index (χ1n) is 7.96. The minimum absolute atomic E-state index is 0.0575. The Morgan fingerprint density at radius 3 is 2.04 bits per heavy atom. The molecule has 0 bridgehead atoms. The van der Waals surface area contributed by atoms with Gasteiger partial charge in [0.05, 0.1) is 33.9 Å². The molecule has 0 amide bonds. The van der Waals surface area contributed by atoms with Crippen molar-refractivity contribution in [1.29, 1.82) is 0 Å². The van der Waals surface area contributed by atoms with E-state index >= 15 is 0 Å². The van der Waals surface area contributed by atoms with Crippen molar-refractivity contribution in [2.75, 3.05) is 23.0 Å². The summed E-state index contributed by atoms with van der Waals surface area (Å²) in [6.07, 6.45) is 0.340. The molecule has 26 heavy (non-hydrogen) atoms. The quantitative estimate of drug-likeness (QED) is 0.642. The minimum atomic E-state index is -4.18. The van der Waals surface area contributed by atoms with Gasteiger partial charge in [-0.15, -0.1) is 4.41 Å². The summed E-state index contributed by atoms with van der Waals surface area (Å²) in [5, 5.41) is 0. The Kier molecular flexibility index (Phi) is 5.16. The van der Waals surface area contributed by atoms with Crippen LogP contribution in [0.1, 0.15) is 12.8 Å². The highest BCUT2D eigenvalue weighted by Gasteiger charge is 2.41. The number of hydrogen-bond acceptors (Lipinski definition) is 7. The van der Waals surface area contributed by atoms with Gasteiger partial charge < -0.3 is 0 Å². The van der Waals surface area contributed by atoms with Crippen LogP contribution in [0.25, 0.3) is 0 Å². The Morgan fingerprint density at radius 1 is 0.962 bits per heavy atom. The van der Waals surface area contributed by atoms with E-state index in [1.54, 1.807) is 0 Å². The van der Waals surface area contributed by atoms with Gasteiger partial charge in [0, 0.05) is 6.04 Å². The molecular weight excluding hydrogens is 407 g/mol. The molecule has 2 aliphatic rings. The van der Waals surface area contributed by atoms with Crippen LogP contribution < -0.4 is 5.43 Å². The molecule has 1 aromatic carbocycles. The molecule has 0 radical (unpaired) electrons. The van der Waals surface area contributed by atoms with Crippen molar-refractivity contribution in [3.63, 3.8) is 0 Å². The predicted molar refractivity (Wildman–Crippen MR) is 92.7 cm³/mol. The van der Waals surface area contributed by atoms with Gasteiger partial charge in [-0.05, 0) is 37.1 Å². The lowest BCUT2D eigenvalue weighted by molar-refractivity contribution is 0.229. The SMILES string of the molecule is O=S1(=O)CC[C@H](NN([C@@H]2CCS(=O)(=O)C2)S(=O)(=O)c2ccc(F)cc2)C1. The van der Waals surface area contributed by atoms with Gasteiger partial charge in [0.15, 0.2) is 19.7 Å². The lowest BCUT2D eigenvalue weighted by Gasteiger charge is -2.30. The molecule has 3 rings (SSSR count). The van der Waals surface area contributed by atoms with E-state index in [0.717, 1.165) is 28.7 Å². The van der Waals surface area contributed by atoms with Gasteiger partial charge in [-0.2, -0.15) is 0 Å². The second kappa shape index (κ2) is 6.82. The van der Waals surface area contributed by atoms with Gasteiger partial charge in [0.25, 0.3) is 10.0 Å². The average molecular weight is 427 g/mol. The number of halogens is 1. The fourth-order valence-electron chi connectivity index (χ4n) is 3.13. The van der Waals surface area contributed by atoms with Gasteiger partial charge in [0.1, 0.15) is 5.82 Å². The molecule has 0 saturated carbocycles. The summed E-state index contributed by atoms with van der Waals surface area (Å²) in [7, 11) is -10.8. The molecule has 146 valence electrons. The van der Waals surface area contributed by atoms with E-state index in [2.05, 4.69) is 5.43 Å². The molecule has 0 aliphatic carbocycles. The summed E-state index contributed by atoms with van der Waals surface area (Å²) in [6, 6.07) is 2.70. The molecule has 12 heteroatoms.